The summed E-state index contributed by atoms with van der Waals surface area (Å²) in [5.41, 5.74) is 0. The van der Waals surface area contributed by atoms with Crippen LogP contribution in [0.15, 0.2) is 0 Å². The molecule has 106 valence electrons. The van der Waals surface area contributed by atoms with Gasteiger partial charge >= 0.3 is 0 Å². The average molecular weight is 254 g/mol. The summed E-state index contributed by atoms with van der Waals surface area (Å²) >= 11 is 0. The van der Waals surface area contributed by atoms with Gasteiger partial charge in [-0.2, -0.15) is 0 Å². The number of piperidine rings is 1. The molecule has 0 saturated carbocycles. The fourth-order valence-corrected chi connectivity index (χ4v) is 3.47. The van der Waals surface area contributed by atoms with Crippen molar-refractivity contribution in [1.29, 1.82) is 0 Å². The Kier molecular flexibility index (Phi) is 5.93. The smallest absolute Gasteiger partial charge is 0.0503 e. The molecule has 0 aromatic rings. The third-order valence-corrected chi connectivity index (χ3v) is 4.81. The zero-order valence-corrected chi connectivity index (χ0v) is 12.2. The molecule has 0 aliphatic carbocycles. The molecule has 1 N–H and O–H groups in total. The lowest BCUT2D eigenvalue weighted by Gasteiger charge is -2.29. The Morgan fingerprint density at radius 2 is 2.28 bits per heavy atom. The predicted octanol–water partition coefficient (Wildman–Crippen LogP) is 1.98. The van der Waals surface area contributed by atoms with Crippen molar-refractivity contribution in [2.45, 2.75) is 32.6 Å². The number of hydrogen-bond acceptors (Lipinski definition) is 3. The van der Waals surface area contributed by atoms with Crippen LogP contribution in [0.2, 0.25) is 0 Å². The Labute approximate surface area is 112 Å². The first kappa shape index (κ1) is 14.3. The quantitative estimate of drug-likeness (QED) is 0.784. The largest absolute Gasteiger partial charge is 0.384 e. The van der Waals surface area contributed by atoms with Crippen molar-refractivity contribution in [3.8, 4) is 0 Å². The molecule has 0 aromatic carbocycles. The van der Waals surface area contributed by atoms with Crippen molar-refractivity contribution in [1.82, 2.24) is 10.2 Å². The first-order valence-corrected chi connectivity index (χ1v) is 7.71. The van der Waals surface area contributed by atoms with E-state index in [9.17, 15) is 0 Å². The molecule has 3 unspecified atom stereocenters. The molecule has 0 amide bonds. The van der Waals surface area contributed by atoms with Crippen LogP contribution >= 0.6 is 0 Å². The van der Waals surface area contributed by atoms with Crippen LogP contribution in [0.25, 0.3) is 0 Å². The summed E-state index contributed by atoms with van der Waals surface area (Å²) in [5.74, 6) is 2.57. The molecular weight excluding hydrogens is 224 g/mol. The Morgan fingerprint density at radius 3 is 3.00 bits per heavy atom. The molecule has 0 radical (unpaired) electrons. The van der Waals surface area contributed by atoms with E-state index in [1.807, 2.05) is 7.11 Å². The zero-order valence-electron chi connectivity index (χ0n) is 12.2. The number of nitrogens with zero attached hydrogens (tertiary/aromatic N) is 1. The van der Waals surface area contributed by atoms with Crippen LogP contribution in [0.3, 0.4) is 0 Å². The standard InChI is InChI=1S/C15H30N2O/c1-13(15-4-3-7-16-10-15)5-8-17-9-6-14(11-17)12-18-2/h13-16H,3-12H2,1-2H3. The van der Waals surface area contributed by atoms with Crippen molar-refractivity contribution in [3.63, 3.8) is 0 Å². The fourth-order valence-electron chi connectivity index (χ4n) is 3.47. The zero-order chi connectivity index (χ0) is 12.8. The lowest BCUT2D eigenvalue weighted by atomic mass is 9.85. The highest BCUT2D eigenvalue weighted by molar-refractivity contribution is 4.78. The average Bonchev–Trinajstić information content (AvgIpc) is 2.85. The van der Waals surface area contributed by atoms with E-state index < -0.39 is 0 Å². The van der Waals surface area contributed by atoms with Crippen LogP contribution in [-0.2, 0) is 4.74 Å². The van der Waals surface area contributed by atoms with Gasteiger partial charge in [-0.05, 0) is 69.6 Å². The van der Waals surface area contributed by atoms with Gasteiger partial charge in [0.1, 0.15) is 0 Å². The topological polar surface area (TPSA) is 24.5 Å². The molecule has 18 heavy (non-hydrogen) atoms. The maximum Gasteiger partial charge on any atom is 0.0503 e. The van der Waals surface area contributed by atoms with Gasteiger partial charge in [0.25, 0.3) is 0 Å². The minimum atomic E-state index is 0.779. The predicted molar refractivity (Wildman–Crippen MR) is 75.8 cm³/mol. The van der Waals surface area contributed by atoms with Crippen LogP contribution in [0.5, 0.6) is 0 Å². The molecule has 0 aromatic heterocycles. The van der Waals surface area contributed by atoms with E-state index in [-0.39, 0.29) is 0 Å². The molecular formula is C15H30N2O. The van der Waals surface area contributed by atoms with E-state index in [1.165, 1.54) is 58.4 Å². The van der Waals surface area contributed by atoms with Gasteiger partial charge in [-0.1, -0.05) is 6.92 Å². The van der Waals surface area contributed by atoms with Gasteiger partial charge in [0, 0.05) is 13.7 Å². The fraction of sp³-hybridized carbons (Fsp3) is 1.00. The van der Waals surface area contributed by atoms with Crippen LogP contribution < -0.4 is 5.32 Å². The minimum absolute atomic E-state index is 0.779. The summed E-state index contributed by atoms with van der Waals surface area (Å²) in [4.78, 5) is 2.64. The van der Waals surface area contributed by atoms with Gasteiger partial charge in [0.15, 0.2) is 0 Å². The number of likely N-dealkylation sites (tertiary alicyclic amines) is 1. The maximum atomic E-state index is 5.26. The van der Waals surface area contributed by atoms with Crippen LogP contribution in [0, 0.1) is 17.8 Å². The van der Waals surface area contributed by atoms with Crippen LogP contribution in [0.4, 0.5) is 0 Å². The maximum absolute atomic E-state index is 5.26. The molecule has 0 bridgehead atoms. The van der Waals surface area contributed by atoms with Crippen molar-refractivity contribution in [3.05, 3.63) is 0 Å². The summed E-state index contributed by atoms with van der Waals surface area (Å²) in [6, 6.07) is 0. The summed E-state index contributed by atoms with van der Waals surface area (Å²) in [6.07, 6.45) is 5.49. The Balaban J connectivity index is 1.62. The lowest BCUT2D eigenvalue weighted by molar-refractivity contribution is 0.151. The highest BCUT2D eigenvalue weighted by Crippen LogP contribution is 2.24. The molecule has 2 saturated heterocycles. The minimum Gasteiger partial charge on any atom is -0.384 e. The SMILES string of the molecule is COCC1CCN(CCC(C)C2CCCNC2)C1. The van der Waals surface area contributed by atoms with Crippen LogP contribution in [-0.4, -0.2) is 51.3 Å². The van der Waals surface area contributed by atoms with Gasteiger partial charge in [0.2, 0.25) is 0 Å². The molecule has 0 spiro atoms. The normalized spacial score (nSPS) is 31.7. The molecule has 3 atom stereocenters. The van der Waals surface area contributed by atoms with Gasteiger partial charge in [-0.15, -0.1) is 0 Å². The van der Waals surface area contributed by atoms with Gasteiger partial charge in [0.05, 0.1) is 6.61 Å². The Hall–Kier alpha value is -0.120. The van der Waals surface area contributed by atoms with E-state index in [4.69, 9.17) is 4.74 Å². The number of rotatable bonds is 6. The second-order valence-electron chi connectivity index (χ2n) is 6.28. The molecule has 2 aliphatic heterocycles. The number of hydrogen-bond donors (Lipinski definition) is 1. The van der Waals surface area contributed by atoms with Crippen molar-refractivity contribution >= 4 is 0 Å². The molecule has 2 rings (SSSR count). The third kappa shape index (κ3) is 4.22. The molecule has 2 heterocycles. The van der Waals surface area contributed by atoms with Crippen LogP contribution in [0.1, 0.15) is 32.6 Å². The van der Waals surface area contributed by atoms with Crippen molar-refractivity contribution in [2.75, 3.05) is 46.4 Å². The first-order chi connectivity index (χ1) is 8.79. The van der Waals surface area contributed by atoms with Crippen molar-refractivity contribution in [2.24, 2.45) is 17.8 Å². The number of methoxy groups -OCH3 is 1. The van der Waals surface area contributed by atoms with E-state index in [0.717, 1.165) is 24.4 Å². The summed E-state index contributed by atoms with van der Waals surface area (Å²) in [6.45, 7) is 9.69. The van der Waals surface area contributed by atoms with E-state index in [0.29, 0.717) is 0 Å². The molecule has 3 nitrogen and oxygen atoms in total. The van der Waals surface area contributed by atoms with Gasteiger partial charge in [-0.25, -0.2) is 0 Å². The molecule has 2 aliphatic rings. The highest BCUT2D eigenvalue weighted by atomic mass is 16.5. The van der Waals surface area contributed by atoms with Crippen molar-refractivity contribution < 1.29 is 4.74 Å². The summed E-state index contributed by atoms with van der Waals surface area (Å²) in [7, 11) is 1.82. The Morgan fingerprint density at radius 1 is 1.39 bits per heavy atom. The summed E-state index contributed by atoms with van der Waals surface area (Å²) < 4.78 is 5.26. The summed E-state index contributed by atoms with van der Waals surface area (Å²) in [5, 5.41) is 3.54. The van der Waals surface area contributed by atoms with E-state index in [2.05, 4.69) is 17.1 Å². The van der Waals surface area contributed by atoms with Gasteiger partial charge < -0.3 is 15.0 Å². The second-order valence-corrected chi connectivity index (χ2v) is 6.28. The highest BCUT2D eigenvalue weighted by Gasteiger charge is 2.24. The number of ether oxygens (including phenoxy) is 1. The number of nitrogens with one attached hydrogen (secondary N) is 1. The molecule has 3 heteroatoms. The third-order valence-electron chi connectivity index (χ3n) is 4.81. The van der Waals surface area contributed by atoms with E-state index >= 15 is 0 Å². The van der Waals surface area contributed by atoms with E-state index in [1.54, 1.807) is 0 Å². The molecule has 2 fully saturated rings. The monoisotopic (exact) mass is 254 g/mol. The second kappa shape index (κ2) is 7.46. The van der Waals surface area contributed by atoms with Gasteiger partial charge in [-0.3, -0.25) is 0 Å². The lowest BCUT2D eigenvalue weighted by Crippen LogP contribution is -2.34. The Bertz CT molecular complexity index is 229. The first-order valence-electron chi connectivity index (χ1n) is 7.71.